The smallest absolute Gasteiger partial charge is 0.305 e. The summed E-state index contributed by atoms with van der Waals surface area (Å²) in [7, 11) is 0. The van der Waals surface area contributed by atoms with Crippen LogP contribution in [-0.2, 0) is 9.59 Å². The first kappa shape index (κ1) is 15.3. The topological polar surface area (TPSA) is 66.8 Å². The van der Waals surface area contributed by atoms with E-state index in [9.17, 15) is 14.0 Å². The maximum absolute atomic E-state index is 12.8. The van der Waals surface area contributed by atoms with Crippen molar-refractivity contribution in [1.29, 1.82) is 0 Å². The molecule has 1 aromatic rings. The van der Waals surface area contributed by atoms with E-state index in [0.717, 1.165) is 12.8 Å². The first-order chi connectivity index (χ1) is 10.1. The molecular formula is C15H18FNO4. The van der Waals surface area contributed by atoms with Crippen LogP contribution in [0.1, 0.15) is 25.7 Å². The number of likely N-dealkylation sites (tertiary alicyclic amines) is 1. The van der Waals surface area contributed by atoms with Crippen LogP contribution in [0.4, 0.5) is 4.39 Å². The number of aliphatic carboxylic acids is 1. The van der Waals surface area contributed by atoms with Gasteiger partial charge in [0.25, 0.3) is 5.91 Å². The molecule has 1 N–H and O–H groups in total. The van der Waals surface area contributed by atoms with Crippen molar-refractivity contribution in [3.05, 3.63) is 30.1 Å². The minimum Gasteiger partial charge on any atom is -0.484 e. The van der Waals surface area contributed by atoms with Crippen molar-refractivity contribution in [3.8, 4) is 5.75 Å². The molecule has 1 fully saturated rings. The van der Waals surface area contributed by atoms with Crippen molar-refractivity contribution in [2.24, 2.45) is 0 Å². The van der Waals surface area contributed by atoms with Gasteiger partial charge in [0.05, 0.1) is 6.42 Å². The highest BCUT2D eigenvalue weighted by Gasteiger charge is 2.28. The van der Waals surface area contributed by atoms with Crippen LogP contribution in [0.25, 0.3) is 0 Å². The Morgan fingerprint density at radius 3 is 2.67 bits per heavy atom. The number of carbonyl (C=O) groups is 2. The molecule has 1 heterocycles. The zero-order chi connectivity index (χ0) is 15.2. The van der Waals surface area contributed by atoms with Crippen molar-refractivity contribution in [1.82, 2.24) is 4.90 Å². The van der Waals surface area contributed by atoms with Gasteiger partial charge in [-0.15, -0.1) is 0 Å². The Kier molecular flexibility index (Phi) is 5.14. The molecule has 1 unspecified atom stereocenters. The van der Waals surface area contributed by atoms with Gasteiger partial charge in [0.15, 0.2) is 6.61 Å². The van der Waals surface area contributed by atoms with E-state index in [1.165, 1.54) is 24.3 Å². The summed E-state index contributed by atoms with van der Waals surface area (Å²) in [5.41, 5.74) is 0. The third kappa shape index (κ3) is 4.44. The number of hydrogen-bond donors (Lipinski definition) is 1. The largest absolute Gasteiger partial charge is 0.484 e. The van der Waals surface area contributed by atoms with Crippen LogP contribution in [0.15, 0.2) is 24.3 Å². The number of carboxylic acids is 1. The average Bonchev–Trinajstić information content (AvgIpc) is 2.46. The van der Waals surface area contributed by atoms with Crippen LogP contribution >= 0.6 is 0 Å². The molecule has 0 saturated carbocycles. The van der Waals surface area contributed by atoms with Gasteiger partial charge in [-0.25, -0.2) is 4.39 Å². The number of hydrogen-bond acceptors (Lipinski definition) is 3. The molecule has 21 heavy (non-hydrogen) atoms. The van der Waals surface area contributed by atoms with E-state index in [1.807, 2.05) is 0 Å². The Morgan fingerprint density at radius 1 is 1.29 bits per heavy atom. The van der Waals surface area contributed by atoms with Gasteiger partial charge >= 0.3 is 5.97 Å². The van der Waals surface area contributed by atoms with Gasteiger partial charge in [0.2, 0.25) is 0 Å². The second-order valence-electron chi connectivity index (χ2n) is 5.08. The number of nitrogens with zero attached hydrogens (tertiary/aromatic N) is 1. The van der Waals surface area contributed by atoms with Gasteiger partial charge < -0.3 is 14.7 Å². The predicted molar refractivity (Wildman–Crippen MR) is 73.5 cm³/mol. The standard InChI is InChI=1S/C15H18FNO4/c16-11-4-6-13(7-5-11)21-10-14(18)17-8-2-1-3-12(17)9-15(19)20/h4-7,12H,1-3,8-10H2,(H,19,20). The number of rotatable bonds is 5. The minimum atomic E-state index is -0.904. The maximum atomic E-state index is 12.8. The zero-order valence-corrected chi connectivity index (χ0v) is 11.6. The number of ether oxygens (including phenoxy) is 1. The predicted octanol–water partition coefficient (Wildman–Crippen LogP) is 2.06. The summed E-state index contributed by atoms with van der Waals surface area (Å²) in [4.78, 5) is 24.6. The van der Waals surface area contributed by atoms with E-state index in [-0.39, 0.29) is 30.8 Å². The third-order valence-corrected chi connectivity index (χ3v) is 3.53. The van der Waals surface area contributed by atoms with Gasteiger partial charge in [-0.1, -0.05) is 0 Å². The molecule has 1 aliphatic heterocycles. The normalized spacial score (nSPS) is 18.3. The van der Waals surface area contributed by atoms with Gasteiger partial charge in [-0.3, -0.25) is 9.59 Å². The lowest BCUT2D eigenvalue weighted by molar-refractivity contribution is -0.142. The van der Waals surface area contributed by atoms with Crippen LogP contribution in [0, 0.1) is 5.82 Å². The summed E-state index contributed by atoms with van der Waals surface area (Å²) in [6.07, 6.45) is 2.47. The highest BCUT2D eigenvalue weighted by Crippen LogP contribution is 2.20. The van der Waals surface area contributed by atoms with Crippen molar-refractivity contribution in [2.45, 2.75) is 31.7 Å². The highest BCUT2D eigenvalue weighted by molar-refractivity contribution is 5.79. The Labute approximate surface area is 122 Å². The Bertz CT molecular complexity index is 503. The van der Waals surface area contributed by atoms with Crippen LogP contribution in [-0.4, -0.2) is 41.1 Å². The number of piperidine rings is 1. The summed E-state index contributed by atoms with van der Waals surface area (Å²) in [5.74, 6) is -1.09. The SMILES string of the molecule is O=C(O)CC1CCCCN1C(=O)COc1ccc(F)cc1. The van der Waals surface area contributed by atoms with Crippen LogP contribution < -0.4 is 4.74 Å². The summed E-state index contributed by atoms with van der Waals surface area (Å²) >= 11 is 0. The molecule has 114 valence electrons. The van der Waals surface area contributed by atoms with E-state index in [1.54, 1.807) is 4.90 Å². The minimum absolute atomic E-state index is 0.0394. The lowest BCUT2D eigenvalue weighted by Crippen LogP contribution is -2.46. The number of carbonyl (C=O) groups excluding carboxylic acids is 1. The van der Waals surface area contributed by atoms with Gasteiger partial charge in [0, 0.05) is 12.6 Å². The molecule has 1 aromatic carbocycles. The van der Waals surface area contributed by atoms with Crippen LogP contribution in [0.5, 0.6) is 5.75 Å². The summed E-state index contributed by atoms with van der Waals surface area (Å²) < 4.78 is 18.1. The lowest BCUT2D eigenvalue weighted by Gasteiger charge is -2.34. The first-order valence-corrected chi connectivity index (χ1v) is 6.96. The molecule has 0 bridgehead atoms. The molecule has 0 aromatic heterocycles. The molecule has 5 nitrogen and oxygen atoms in total. The molecular weight excluding hydrogens is 277 g/mol. The summed E-state index contributed by atoms with van der Waals surface area (Å²) in [6, 6.07) is 5.16. The van der Waals surface area contributed by atoms with Crippen molar-refractivity contribution >= 4 is 11.9 Å². The number of amides is 1. The molecule has 0 aliphatic carbocycles. The van der Waals surface area contributed by atoms with Crippen molar-refractivity contribution in [3.63, 3.8) is 0 Å². The van der Waals surface area contributed by atoms with Crippen LogP contribution in [0.2, 0.25) is 0 Å². The van der Waals surface area contributed by atoms with E-state index in [2.05, 4.69) is 0 Å². The summed E-state index contributed by atoms with van der Waals surface area (Å²) in [5, 5.41) is 8.89. The molecule has 0 spiro atoms. The molecule has 0 radical (unpaired) electrons. The third-order valence-electron chi connectivity index (χ3n) is 3.53. The quantitative estimate of drug-likeness (QED) is 0.903. The molecule has 1 aliphatic rings. The number of halogens is 1. The molecule has 1 atom stereocenters. The molecule has 2 rings (SSSR count). The maximum Gasteiger partial charge on any atom is 0.305 e. The van der Waals surface area contributed by atoms with Crippen molar-refractivity contribution < 1.29 is 23.8 Å². The Hall–Kier alpha value is -2.11. The van der Waals surface area contributed by atoms with E-state index < -0.39 is 5.97 Å². The van der Waals surface area contributed by atoms with Crippen molar-refractivity contribution in [2.75, 3.05) is 13.2 Å². The Balaban J connectivity index is 1.91. The van der Waals surface area contributed by atoms with E-state index in [0.29, 0.717) is 18.7 Å². The van der Waals surface area contributed by atoms with Gasteiger partial charge in [0.1, 0.15) is 11.6 Å². The number of carboxylic acid groups (broad SMARTS) is 1. The fourth-order valence-corrected chi connectivity index (χ4v) is 2.50. The molecule has 1 amide bonds. The monoisotopic (exact) mass is 295 g/mol. The van der Waals surface area contributed by atoms with Crippen LogP contribution in [0.3, 0.4) is 0 Å². The van der Waals surface area contributed by atoms with E-state index in [4.69, 9.17) is 9.84 Å². The zero-order valence-electron chi connectivity index (χ0n) is 11.6. The van der Waals surface area contributed by atoms with Gasteiger partial charge in [-0.05, 0) is 43.5 Å². The first-order valence-electron chi connectivity index (χ1n) is 6.96. The number of benzene rings is 1. The fourth-order valence-electron chi connectivity index (χ4n) is 2.50. The second-order valence-corrected chi connectivity index (χ2v) is 5.08. The fraction of sp³-hybridized carbons (Fsp3) is 0.467. The highest BCUT2D eigenvalue weighted by atomic mass is 19.1. The summed E-state index contributed by atoms with van der Waals surface area (Å²) in [6.45, 7) is 0.394. The van der Waals surface area contributed by atoms with Gasteiger partial charge in [-0.2, -0.15) is 0 Å². The lowest BCUT2D eigenvalue weighted by atomic mass is 9.99. The Morgan fingerprint density at radius 2 is 2.00 bits per heavy atom. The molecule has 6 heteroatoms. The second kappa shape index (κ2) is 7.06. The average molecular weight is 295 g/mol. The molecule has 1 saturated heterocycles. The van der Waals surface area contributed by atoms with E-state index >= 15 is 0 Å².